The average molecular weight is 384 g/mol. The minimum absolute atomic E-state index is 0.00405. The first kappa shape index (κ1) is 19.5. The van der Waals surface area contributed by atoms with E-state index in [1.165, 1.54) is 6.42 Å². The minimum atomic E-state index is -0.394. The van der Waals surface area contributed by atoms with Crippen LogP contribution in [-0.4, -0.2) is 35.5 Å². The lowest BCUT2D eigenvalue weighted by Crippen LogP contribution is -2.45. The zero-order valence-corrected chi connectivity index (χ0v) is 17.4. The Morgan fingerprint density at radius 1 is 1.14 bits per heavy atom. The van der Waals surface area contributed by atoms with Crippen LogP contribution in [0, 0.1) is 16.7 Å². The van der Waals surface area contributed by atoms with Crippen molar-refractivity contribution in [1.82, 2.24) is 4.90 Å². The lowest BCUT2D eigenvalue weighted by molar-refractivity contribution is -0.164. The molecule has 2 bridgehead atoms. The van der Waals surface area contributed by atoms with Gasteiger partial charge in [0.05, 0.1) is 0 Å². The standard InChI is InChI=1S/C24H33NO3/c1-23(2)18-13-14-24(23,3)20(16-18)28-22(27)19-10-7-15-25(19)21(26)12-11-17-8-5-4-6-9-17/h4-6,8-9,18-20H,7,10-16H2,1-3H3. The van der Waals surface area contributed by atoms with Crippen LogP contribution in [0.3, 0.4) is 0 Å². The maximum absolute atomic E-state index is 13.0. The lowest BCUT2D eigenvalue weighted by Gasteiger charge is -2.39. The Kier molecular flexibility index (Phi) is 5.01. The first-order valence-corrected chi connectivity index (χ1v) is 10.9. The van der Waals surface area contributed by atoms with Gasteiger partial charge in [-0.15, -0.1) is 0 Å². The highest BCUT2D eigenvalue weighted by molar-refractivity contribution is 5.85. The average Bonchev–Trinajstić information content (AvgIpc) is 3.30. The van der Waals surface area contributed by atoms with Gasteiger partial charge in [0.2, 0.25) is 5.91 Å². The Bertz CT molecular complexity index is 743. The molecule has 1 aromatic carbocycles. The Morgan fingerprint density at radius 2 is 1.89 bits per heavy atom. The predicted octanol–water partition coefficient (Wildman–Crippen LogP) is 4.37. The predicted molar refractivity (Wildman–Crippen MR) is 109 cm³/mol. The van der Waals surface area contributed by atoms with Gasteiger partial charge in [0.25, 0.3) is 0 Å². The molecule has 4 nitrogen and oxygen atoms in total. The van der Waals surface area contributed by atoms with Crippen LogP contribution in [0.15, 0.2) is 30.3 Å². The molecule has 0 radical (unpaired) electrons. The molecule has 28 heavy (non-hydrogen) atoms. The minimum Gasteiger partial charge on any atom is -0.460 e. The molecule has 4 heteroatoms. The molecule has 1 aromatic rings. The van der Waals surface area contributed by atoms with Crippen molar-refractivity contribution in [2.24, 2.45) is 16.7 Å². The number of nitrogens with zero attached hydrogens (tertiary/aromatic N) is 1. The number of hydrogen-bond donors (Lipinski definition) is 0. The van der Waals surface area contributed by atoms with Crippen molar-refractivity contribution in [3.05, 3.63) is 35.9 Å². The van der Waals surface area contributed by atoms with Crippen LogP contribution in [0.4, 0.5) is 0 Å². The van der Waals surface area contributed by atoms with Gasteiger partial charge in [-0.05, 0) is 55.4 Å². The fourth-order valence-corrected chi connectivity index (χ4v) is 5.88. The number of hydrogen-bond acceptors (Lipinski definition) is 3. The molecule has 1 amide bonds. The van der Waals surface area contributed by atoms with E-state index in [9.17, 15) is 9.59 Å². The van der Waals surface area contributed by atoms with E-state index in [1.807, 2.05) is 30.3 Å². The van der Waals surface area contributed by atoms with E-state index < -0.39 is 6.04 Å². The Hall–Kier alpha value is -1.84. The lowest BCUT2D eigenvalue weighted by atomic mass is 9.70. The second kappa shape index (κ2) is 7.20. The third-order valence-electron chi connectivity index (χ3n) is 8.29. The summed E-state index contributed by atoms with van der Waals surface area (Å²) in [6.45, 7) is 7.61. The van der Waals surface area contributed by atoms with Crippen molar-refractivity contribution in [1.29, 1.82) is 0 Å². The zero-order chi connectivity index (χ0) is 19.9. The van der Waals surface area contributed by atoms with Crippen molar-refractivity contribution in [2.75, 3.05) is 6.54 Å². The van der Waals surface area contributed by atoms with Crippen molar-refractivity contribution < 1.29 is 14.3 Å². The number of aryl methyl sites for hydroxylation is 1. The molecule has 152 valence electrons. The smallest absolute Gasteiger partial charge is 0.329 e. The molecule has 0 aromatic heterocycles. The number of esters is 1. The third-order valence-corrected chi connectivity index (χ3v) is 8.29. The third kappa shape index (κ3) is 3.15. The molecule has 2 aliphatic carbocycles. The first-order valence-electron chi connectivity index (χ1n) is 10.9. The van der Waals surface area contributed by atoms with Gasteiger partial charge >= 0.3 is 5.97 Å². The van der Waals surface area contributed by atoms with E-state index in [0.29, 0.717) is 25.3 Å². The summed E-state index contributed by atoms with van der Waals surface area (Å²) in [7, 11) is 0. The van der Waals surface area contributed by atoms with Crippen molar-refractivity contribution in [3.8, 4) is 0 Å². The maximum atomic E-state index is 13.0. The molecule has 2 saturated carbocycles. The number of rotatable bonds is 5. The Balaban J connectivity index is 1.37. The molecule has 1 aliphatic heterocycles. The van der Waals surface area contributed by atoms with Crippen LogP contribution >= 0.6 is 0 Å². The molecule has 1 saturated heterocycles. The van der Waals surface area contributed by atoms with Crippen LogP contribution in [0.2, 0.25) is 0 Å². The summed E-state index contributed by atoms with van der Waals surface area (Å²) in [5, 5.41) is 0. The number of ether oxygens (including phenoxy) is 1. The number of carbonyl (C=O) groups excluding carboxylic acids is 2. The number of amides is 1. The SMILES string of the molecule is CC1(C)C2CCC1(C)C(OC(=O)C1CCCN1C(=O)CCc1ccccc1)C2. The van der Waals surface area contributed by atoms with Crippen LogP contribution in [-0.2, 0) is 20.7 Å². The summed E-state index contributed by atoms with van der Waals surface area (Å²) in [5.41, 5.74) is 1.44. The number of likely N-dealkylation sites (tertiary alicyclic amines) is 1. The summed E-state index contributed by atoms with van der Waals surface area (Å²) in [6, 6.07) is 9.66. The fourth-order valence-electron chi connectivity index (χ4n) is 5.88. The highest BCUT2D eigenvalue weighted by atomic mass is 16.5. The molecule has 3 fully saturated rings. The summed E-state index contributed by atoms with van der Waals surface area (Å²) >= 11 is 0. The topological polar surface area (TPSA) is 46.6 Å². The molecule has 0 spiro atoms. The van der Waals surface area contributed by atoms with Crippen LogP contribution < -0.4 is 0 Å². The summed E-state index contributed by atoms with van der Waals surface area (Å²) in [6.07, 6.45) is 6.12. The van der Waals surface area contributed by atoms with E-state index in [-0.39, 0.29) is 28.8 Å². The normalized spacial score (nSPS) is 33.2. The molecule has 0 N–H and O–H groups in total. The Labute approximate surface area is 168 Å². The van der Waals surface area contributed by atoms with Gasteiger partial charge in [-0.2, -0.15) is 0 Å². The van der Waals surface area contributed by atoms with Crippen LogP contribution in [0.25, 0.3) is 0 Å². The van der Waals surface area contributed by atoms with Crippen molar-refractivity contribution in [3.63, 3.8) is 0 Å². The molecular weight excluding hydrogens is 350 g/mol. The van der Waals surface area contributed by atoms with Gasteiger partial charge in [0.15, 0.2) is 0 Å². The van der Waals surface area contributed by atoms with Gasteiger partial charge in [-0.1, -0.05) is 51.1 Å². The van der Waals surface area contributed by atoms with E-state index in [2.05, 4.69) is 20.8 Å². The Morgan fingerprint density at radius 3 is 2.54 bits per heavy atom. The molecule has 4 rings (SSSR count). The number of benzene rings is 1. The van der Waals surface area contributed by atoms with Gasteiger partial charge in [-0.25, -0.2) is 4.79 Å². The van der Waals surface area contributed by atoms with E-state index >= 15 is 0 Å². The van der Waals surface area contributed by atoms with Gasteiger partial charge in [-0.3, -0.25) is 4.79 Å². The quantitative estimate of drug-likeness (QED) is 0.710. The second-order valence-electron chi connectivity index (χ2n) is 9.77. The fraction of sp³-hybridized carbons (Fsp3) is 0.667. The second-order valence-corrected chi connectivity index (χ2v) is 9.77. The van der Waals surface area contributed by atoms with Crippen LogP contribution in [0.5, 0.6) is 0 Å². The maximum Gasteiger partial charge on any atom is 0.329 e. The van der Waals surface area contributed by atoms with Crippen molar-refractivity contribution in [2.45, 2.75) is 77.9 Å². The molecule has 3 aliphatic rings. The number of carbonyl (C=O) groups is 2. The van der Waals surface area contributed by atoms with E-state index in [4.69, 9.17) is 4.74 Å². The number of fused-ring (bicyclic) bond motifs is 2. The van der Waals surface area contributed by atoms with Gasteiger partial charge in [0, 0.05) is 18.4 Å². The van der Waals surface area contributed by atoms with Crippen LogP contribution in [0.1, 0.15) is 64.9 Å². The van der Waals surface area contributed by atoms with Gasteiger partial charge in [0.1, 0.15) is 12.1 Å². The summed E-state index contributed by atoms with van der Waals surface area (Å²) in [5.74, 6) is 0.533. The van der Waals surface area contributed by atoms with E-state index in [1.54, 1.807) is 4.90 Å². The van der Waals surface area contributed by atoms with Gasteiger partial charge < -0.3 is 9.64 Å². The first-order chi connectivity index (χ1) is 13.3. The highest BCUT2D eigenvalue weighted by Gasteiger charge is 2.63. The van der Waals surface area contributed by atoms with E-state index in [0.717, 1.165) is 31.2 Å². The highest BCUT2D eigenvalue weighted by Crippen LogP contribution is 2.66. The molecule has 4 unspecified atom stereocenters. The monoisotopic (exact) mass is 383 g/mol. The zero-order valence-electron chi connectivity index (χ0n) is 17.4. The molecule has 4 atom stereocenters. The largest absolute Gasteiger partial charge is 0.460 e. The summed E-state index contributed by atoms with van der Waals surface area (Å²) < 4.78 is 6.08. The summed E-state index contributed by atoms with van der Waals surface area (Å²) in [4.78, 5) is 27.6. The van der Waals surface area contributed by atoms with Crippen molar-refractivity contribution >= 4 is 11.9 Å². The molecule has 1 heterocycles. The molecular formula is C24H33NO3.